The Morgan fingerprint density at radius 3 is 2.88 bits per heavy atom. The summed E-state index contributed by atoms with van der Waals surface area (Å²) >= 11 is 1.58. The Bertz CT molecular complexity index is 465. The molecule has 0 radical (unpaired) electrons. The van der Waals surface area contributed by atoms with E-state index >= 15 is 0 Å². The third kappa shape index (κ3) is 2.39. The predicted molar refractivity (Wildman–Crippen MR) is 68.9 cm³/mol. The van der Waals surface area contributed by atoms with Gasteiger partial charge in [-0.3, -0.25) is 0 Å². The number of benzene rings is 1. The number of hydrogen-bond acceptors (Lipinski definition) is 4. The largest absolute Gasteiger partial charge is 0.363 e. The van der Waals surface area contributed by atoms with Gasteiger partial charge < -0.3 is 5.32 Å². The van der Waals surface area contributed by atoms with E-state index in [1.54, 1.807) is 11.3 Å². The summed E-state index contributed by atoms with van der Waals surface area (Å²) in [4.78, 5) is 0. The van der Waals surface area contributed by atoms with Gasteiger partial charge in [0.2, 0.25) is 5.13 Å². The summed E-state index contributed by atoms with van der Waals surface area (Å²) < 4.78 is 0. The maximum Gasteiger partial charge on any atom is 0.205 e. The third-order valence-corrected chi connectivity index (χ3v) is 3.34. The van der Waals surface area contributed by atoms with E-state index in [1.165, 1.54) is 12.0 Å². The van der Waals surface area contributed by atoms with Gasteiger partial charge in [-0.2, -0.15) is 0 Å². The topological polar surface area (TPSA) is 37.8 Å². The molecule has 0 atom stereocenters. The van der Waals surface area contributed by atoms with Gasteiger partial charge in [0.25, 0.3) is 0 Å². The van der Waals surface area contributed by atoms with Gasteiger partial charge in [0.15, 0.2) is 0 Å². The van der Waals surface area contributed by atoms with Crippen molar-refractivity contribution in [2.45, 2.75) is 19.8 Å². The fourth-order valence-electron chi connectivity index (χ4n) is 1.59. The standard InChI is InChI=1S/C12H15N3S/c1-3-5-9-6-4-7-10(8-9)11-14-15-12(13-2)16-11/h4,6-8H,3,5H2,1-2H3,(H,13,15). The summed E-state index contributed by atoms with van der Waals surface area (Å²) in [5, 5.41) is 13.0. The Labute approximate surface area is 99.5 Å². The van der Waals surface area contributed by atoms with Crippen LogP contribution in [0.2, 0.25) is 0 Å². The maximum atomic E-state index is 4.16. The first-order chi connectivity index (χ1) is 7.83. The Morgan fingerprint density at radius 2 is 2.19 bits per heavy atom. The van der Waals surface area contributed by atoms with Crippen molar-refractivity contribution in [2.75, 3.05) is 12.4 Å². The Balaban J connectivity index is 2.28. The molecule has 1 N–H and O–H groups in total. The predicted octanol–water partition coefficient (Wildman–Crippen LogP) is 3.20. The Hall–Kier alpha value is -1.42. The molecule has 0 bridgehead atoms. The van der Waals surface area contributed by atoms with E-state index in [0.29, 0.717) is 0 Å². The summed E-state index contributed by atoms with van der Waals surface area (Å²) in [6, 6.07) is 8.52. The molecule has 0 unspecified atom stereocenters. The van der Waals surface area contributed by atoms with Gasteiger partial charge in [-0.05, 0) is 18.1 Å². The zero-order chi connectivity index (χ0) is 11.4. The highest BCUT2D eigenvalue weighted by Crippen LogP contribution is 2.26. The number of nitrogens with one attached hydrogen (secondary N) is 1. The van der Waals surface area contributed by atoms with Crippen molar-refractivity contribution < 1.29 is 0 Å². The van der Waals surface area contributed by atoms with Crippen molar-refractivity contribution in [3.8, 4) is 10.6 Å². The molecule has 0 saturated heterocycles. The second-order valence-electron chi connectivity index (χ2n) is 3.61. The van der Waals surface area contributed by atoms with Gasteiger partial charge in [-0.25, -0.2) is 0 Å². The first-order valence-electron chi connectivity index (χ1n) is 5.44. The van der Waals surface area contributed by atoms with Gasteiger partial charge in [0.05, 0.1) is 0 Å². The van der Waals surface area contributed by atoms with Crippen LogP contribution in [-0.2, 0) is 6.42 Å². The molecule has 0 aliphatic heterocycles. The fourth-order valence-corrected chi connectivity index (χ4v) is 2.28. The molecule has 0 spiro atoms. The summed E-state index contributed by atoms with van der Waals surface area (Å²) in [5.74, 6) is 0. The molecular weight excluding hydrogens is 218 g/mol. The van der Waals surface area contributed by atoms with Crippen molar-refractivity contribution in [3.05, 3.63) is 29.8 Å². The highest BCUT2D eigenvalue weighted by molar-refractivity contribution is 7.18. The molecule has 0 saturated carbocycles. The average molecular weight is 233 g/mol. The molecule has 0 amide bonds. The summed E-state index contributed by atoms with van der Waals surface area (Å²) in [5.41, 5.74) is 2.52. The zero-order valence-electron chi connectivity index (χ0n) is 9.53. The second kappa shape index (κ2) is 5.07. The highest BCUT2D eigenvalue weighted by Gasteiger charge is 2.05. The lowest BCUT2D eigenvalue weighted by atomic mass is 10.1. The van der Waals surface area contributed by atoms with Crippen molar-refractivity contribution >= 4 is 16.5 Å². The molecule has 0 aliphatic rings. The molecule has 0 fully saturated rings. The molecule has 1 aromatic heterocycles. The lowest BCUT2D eigenvalue weighted by Gasteiger charge is -2.00. The Kier molecular flexibility index (Phi) is 3.51. The van der Waals surface area contributed by atoms with Crippen LogP contribution in [0.25, 0.3) is 10.6 Å². The van der Waals surface area contributed by atoms with E-state index in [2.05, 4.69) is 46.7 Å². The SMILES string of the molecule is CCCc1cccc(-c2nnc(NC)s2)c1. The van der Waals surface area contributed by atoms with Gasteiger partial charge >= 0.3 is 0 Å². The molecule has 0 aliphatic carbocycles. The maximum absolute atomic E-state index is 4.16. The van der Waals surface area contributed by atoms with Crippen LogP contribution in [0.4, 0.5) is 5.13 Å². The second-order valence-corrected chi connectivity index (χ2v) is 4.59. The van der Waals surface area contributed by atoms with Crippen LogP contribution < -0.4 is 5.32 Å². The fraction of sp³-hybridized carbons (Fsp3) is 0.333. The monoisotopic (exact) mass is 233 g/mol. The molecule has 1 heterocycles. The lowest BCUT2D eigenvalue weighted by molar-refractivity contribution is 0.922. The minimum absolute atomic E-state index is 0.857. The van der Waals surface area contributed by atoms with Crippen molar-refractivity contribution in [1.82, 2.24) is 10.2 Å². The summed E-state index contributed by atoms with van der Waals surface area (Å²) in [7, 11) is 1.86. The van der Waals surface area contributed by atoms with Crippen LogP contribution in [0.1, 0.15) is 18.9 Å². The van der Waals surface area contributed by atoms with E-state index in [0.717, 1.165) is 22.1 Å². The van der Waals surface area contributed by atoms with Crippen LogP contribution in [0.15, 0.2) is 24.3 Å². The first-order valence-corrected chi connectivity index (χ1v) is 6.25. The third-order valence-electron chi connectivity index (χ3n) is 2.35. The van der Waals surface area contributed by atoms with Crippen LogP contribution in [-0.4, -0.2) is 17.2 Å². The molecule has 3 nitrogen and oxygen atoms in total. The van der Waals surface area contributed by atoms with Gasteiger partial charge in [0, 0.05) is 12.6 Å². The number of nitrogens with zero attached hydrogens (tertiary/aromatic N) is 2. The van der Waals surface area contributed by atoms with Gasteiger partial charge in [-0.15, -0.1) is 10.2 Å². The molecule has 2 aromatic rings. The van der Waals surface area contributed by atoms with E-state index < -0.39 is 0 Å². The van der Waals surface area contributed by atoms with Crippen LogP contribution in [0, 0.1) is 0 Å². The van der Waals surface area contributed by atoms with Gasteiger partial charge in [0.1, 0.15) is 5.01 Å². The number of aromatic nitrogens is 2. The van der Waals surface area contributed by atoms with Crippen molar-refractivity contribution in [2.24, 2.45) is 0 Å². The zero-order valence-corrected chi connectivity index (χ0v) is 10.3. The summed E-state index contributed by atoms with van der Waals surface area (Å²) in [6.45, 7) is 2.19. The van der Waals surface area contributed by atoms with E-state index in [9.17, 15) is 0 Å². The number of anilines is 1. The molecule has 1 aromatic carbocycles. The molecule has 16 heavy (non-hydrogen) atoms. The number of rotatable bonds is 4. The highest BCUT2D eigenvalue weighted by atomic mass is 32.1. The average Bonchev–Trinajstić information content (AvgIpc) is 2.78. The normalized spacial score (nSPS) is 10.4. The minimum atomic E-state index is 0.857. The van der Waals surface area contributed by atoms with E-state index in [-0.39, 0.29) is 0 Å². The molecule has 4 heteroatoms. The number of aryl methyl sites for hydroxylation is 1. The van der Waals surface area contributed by atoms with E-state index in [1.807, 2.05) is 7.05 Å². The summed E-state index contributed by atoms with van der Waals surface area (Å²) in [6.07, 6.45) is 2.28. The molecular formula is C12H15N3S. The van der Waals surface area contributed by atoms with Crippen LogP contribution in [0.3, 0.4) is 0 Å². The number of hydrogen-bond donors (Lipinski definition) is 1. The minimum Gasteiger partial charge on any atom is -0.363 e. The lowest BCUT2D eigenvalue weighted by Crippen LogP contribution is -1.85. The van der Waals surface area contributed by atoms with Crippen molar-refractivity contribution in [3.63, 3.8) is 0 Å². The van der Waals surface area contributed by atoms with Crippen molar-refractivity contribution in [1.29, 1.82) is 0 Å². The quantitative estimate of drug-likeness (QED) is 0.881. The van der Waals surface area contributed by atoms with Crippen LogP contribution in [0.5, 0.6) is 0 Å². The van der Waals surface area contributed by atoms with E-state index in [4.69, 9.17) is 0 Å². The Morgan fingerprint density at radius 1 is 1.31 bits per heavy atom. The smallest absolute Gasteiger partial charge is 0.205 e. The molecule has 84 valence electrons. The van der Waals surface area contributed by atoms with Crippen LogP contribution >= 0.6 is 11.3 Å². The first kappa shape index (κ1) is 11.1. The molecule has 2 rings (SSSR count). The van der Waals surface area contributed by atoms with Gasteiger partial charge in [-0.1, -0.05) is 42.9 Å².